The van der Waals surface area contributed by atoms with Crippen molar-refractivity contribution in [3.63, 3.8) is 0 Å². The van der Waals surface area contributed by atoms with Crippen LogP contribution in [0.25, 0.3) is 11.1 Å². The molecule has 2 saturated heterocycles. The van der Waals surface area contributed by atoms with Crippen LogP contribution in [0.2, 0.25) is 0 Å². The smallest absolute Gasteiger partial charge is 0.389 e. The van der Waals surface area contributed by atoms with E-state index in [2.05, 4.69) is 10.3 Å². The van der Waals surface area contributed by atoms with E-state index in [0.29, 0.717) is 48.8 Å². The summed E-state index contributed by atoms with van der Waals surface area (Å²) in [6.07, 6.45) is -5.00. The monoisotopic (exact) mass is 526 g/mol. The van der Waals surface area contributed by atoms with E-state index in [0.717, 1.165) is 0 Å². The van der Waals surface area contributed by atoms with Gasteiger partial charge < -0.3 is 29.7 Å². The Morgan fingerprint density at radius 1 is 1.22 bits per heavy atom. The van der Waals surface area contributed by atoms with Gasteiger partial charge in [0.05, 0.1) is 25.5 Å². The van der Waals surface area contributed by atoms with Gasteiger partial charge in [-0.1, -0.05) is 0 Å². The average Bonchev–Trinajstić information content (AvgIpc) is 3.31. The summed E-state index contributed by atoms with van der Waals surface area (Å²) in [4.78, 5) is 20.6. The lowest BCUT2D eigenvalue weighted by Gasteiger charge is -2.28. The number of anilines is 2. The molecule has 0 unspecified atom stereocenters. The number of likely N-dealkylation sites (tertiary alicyclic amines) is 1. The number of hydrogen-bond acceptors (Lipinski definition) is 6. The van der Waals surface area contributed by atoms with Gasteiger partial charge in [0.2, 0.25) is 5.88 Å². The maximum Gasteiger partial charge on any atom is 0.389 e. The first-order chi connectivity index (χ1) is 17.6. The second-order valence-corrected chi connectivity index (χ2v) is 9.22. The predicted octanol–water partition coefficient (Wildman–Crippen LogP) is 4.21. The highest BCUT2D eigenvalue weighted by Gasteiger charge is 2.36. The molecule has 0 bridgehead atoms. The number of aliphatic hydroxyl groups is 1. The molecule has 202 valence electrons. The number of carbonyl (C=O) groups is 1. The Hall–Kier alpha value is -3.12. The number of nitrogens with one attached hydrogen (secondary N) is 1. The first kappa shape index (κ1) is 26.9. The molecular weight excluding hydrogens is 496 g/mol. The van der Waals surface area contributed by atoms with Crippen molar-refractivity contribution in [3.05, 3.63) is 35.6 Å². The van der Waals surface area contributed by atoms with Gasteiger partial charge in [0.15, 0.2) is 0 Å². The molecule has 2 aromatic rings. The lowest BCUT2D eigenvalue weighted by molar-refractivity contribution is -0.143. The Morgan fingerprint density at radius 2 is 1.97 bits per heavy atom. The first-order valence-electron chi connectivity index (χ1n) is 12.1. The lowest BCUT2D eigenvalue weighted by atomic mass is 10.00. The number of benzene rings is 1. The van der Waals surface area contributed by atoms with Crippen LogP contribution in [0.15, 0.2) is 24.3 Å². The first-order valence-corrected chi connectivity index (χ1v) is 12.1. The number of ether oxygens (including phenoxy) is 2. The molecule has 4 rings (SSSR count). The van der Waals surface area contributed by atoms with Crippen LogP contribution in [-0.4, -0.2) is 79.8 Å². The Balaban J connectivity index is 1.58. The van der Waals surface area contributed by atoms with E-state index >= 15 is 0 Å². The molecule has 1 aromatic heterocycles. The van der Waals surface area contributed by atoms with E-state index in [4.69, 9.17) is 14.6 Å². The van der Waals surface area contributed by atoms with E-state index in [1.807, 2.05) is 11.0 Å². The summed E-state index contributed by atoms with van der Waals surface area (Å²) in [6, 6.07) is 5.66. The topological polar surface area (TPSA) is 87.2 Å². The molecule has 0 aliphatic carbocycles. The lowest BCUT2D eigenvalue weighted by Crippen LogP contribution is -2.36. The predicted molar refractivity (Wildman–Crippen MR) is 129 cm³/mol. The molecular formula is C25H30F4N4O4. The van der Waals surface area contributed by atoms with Crippen LogP contribution < -0.4 is 15.0 Å². The van der Waals surface area contributed by atoms with Crippen LogP contribution in [0, 0.1) is 18.7 Å². The highest BCUT2D eigenvalue weighted by Crippen LogP contribution is 2.34. The number of hydrogen-bond donors (Lipinski definition) is 2. The zero-order chi connectivity index (χ0) is 26.6. The van der Waals surface area contributed by atoms with Crippen molar-refractivity contribution in [2.75, 3.05) is 62.8 Å². The van der Waals surface area contributed by atoms with Gasteiger partial charge in [-0.3, -0.25) is 0 Å². The van der Waals surface area contributed by atoms with Crippen LogP contribution in [0.4, 0.5) is 33.9 Å². The van der Waals surface area contributed by atoms with Gasteiger partial charge in [-0.15, -0.1) is 0 Å². The number of halogens is 4. The average molecular weight is 527 g/mol. The van der Waals surface area contributed by atoms with Gasteiger partial charge in [-0.05, 0) is 54.2 Å². The van der Waals surface area contributed by atoms with Crippen molar-refractivity contribution in [1.29, 1.82) is 0 Å². The third kappa shape index (κ3) is 7.01. The van der Waals surface area contributed by atoms with Crippen LogP contribution in [-0.2, 0) is 4.74 Å². The minimum atomic E-state index is -4.29. The standard InChI is InChI=1S/C25H30F4N4O4/c1-16-10-20(26)21(30-24(35)33-3-2-17(15-33)14-25(27,28)29)13-19(16)18-11-22(32-4-7-36-8-5-32)31-23(12-18)37-9-6-34/h10-13,17,34H,2-9,14-15H2,1H3,(H,30,35)/t17-/m0/s1. The van der Waals surface area contributed by atoms with Gasteiger partial charge >= 0.3 is 12.2 Å². The quantitative estimate of drug-likeness (QED) is 0.526. The van der Waals surface area contributed by atoms with E-state index in [1.165, 1.54) is 17.0 Å². The molecule has 12 heteroatoms. The second kappa shape index (κ2) is 11.5. The molecule has 2 amide bonds. The molecule has 1 aromatic carbocycles. The van der Waals surface area contributed by atoms with E-state index in [-0.39, 0.29) is 44.3 Å². The Bertz CT molecular complexity index is 1110. The van der Waals surface area contributed by atoms with Crippen LogP contribution in [0.5, 0.6) is 5.88 Å². The largest absolute Gasteiger partial charge is 0.475 e. The van der Waals surface area contributed by atoms with Gasteiger partial charge in [-0.25, -0.2) is 9.18 Å². The molecule has 0 saturated carbocycles. The number of pyridine rings is 1. The van der Waals surface area contributed by atoms with Crippen molar-refractivity contribution in [2.24, 2.45) is 5.92 Å². The molecule has 2 N–H and O–H groups in total. The maximum atomic E-state index is 14.8. The number of morpholine rings is 1. The summed E-state index contributed by atoms with van der Waals surface area (Å²) in [5.41, 5.74) is 1.82. The summed E-state index contributed by atoms with van der Waals surface area (Å²) in [7, 11) is 0. The normalized spacial score (nSPS) is 18.3. The van der Waals surface area contributed by atoms with Crippen molar-refractivity contribution in [2.45, 2.75) is 25.9 Å². The summed E-state index contributed by atoms with van der Waals surface area (Å²) < 4.78 is 64.0. The zero-order valence-electron chi connectivity index (χ0n) is 20.5. The van der Waals surface area contributed by atoms with Crippen molar-refractivity contribution in [3.8, 4) is 17.0 Å². The van der Waals surface area contributed by atoms with Gasteiger partial charge in [-0.2, -0.15) is 18.2 Å². The van der Waals surface area contributed by atoms with Crippen LogP contribution in [0.3, 0.4) is 0 Å². The van der Waals surface area contributed by atoms with Crippen molar-refractivity contribution >= 4 is 17.5 Å². The molecule has 2 fully saturated rings. The summed E-state index contributed by atoms with van der Waals surface area (Å²) >= 11 is 0. The third-order valence-electron chi connectivity index (χ3n) is 6.42. The highest BCUT2D eigenvalue weighted by atomic mass is 19.4. The summed E-state index contributed by atoms with van der Waals surface area (Å²) in [6.45, 7) is 4.08. The summed E-state index contributed by atoms with van der Waals surface area (Å²) in [5.74, 6) is -0.400. The zero-order valence-corrected chi connectivity index (χ0v) is 20.5. The van der Waals surface area contributed by atoms with Crippen LogP contribution >= 0.6 is 0 Å². The number of aromatic nitrogens is 1. The van der Waals surface area contributed by atoms with E-state index < -0.39 is 30.4 Å². The number of urea groups is 1. The minimum Gasteiger partial charge on any atom is -0.475 e. The Labute approximate surface area is 212 Å². The van der Waals surface area contributed by atoms with Gasteiger partial charge in [0.1, 0.15) is 18.2 Å². The number of amides is 2. The number of alkyl halides is 3. The van der Waals surface area contributed by atoms with Gasteiger partial charge in [0, 0.05) is 38.7 Å². The molecule has 8 nitrogen and oxygen atoms in total. The van der Waals surface area contributed by atoms with E-state index in [1.54, 1.807) is 13.0 Å². The fourth-order valence-corrected chi connectivity index (χ4v) is 4.61. The SMILES string of the molecule is Cc1cc(F)c(NC(=O)N2CC[C@@H](CC(F)(F)F)C2)cc1-c1cc(OCCO)nc(N2CCOCC2)c1. The fourth-order valence-electron chi connectivity index (χ4n) is 4.61. The molecule has 1 atom stereocenters. The van der Waals surface area contributed by atoms with E-state index in [9.17, 15) is 22.4 Å². The molecule has 3 heterocycles. The molecule has 2 aliphatic rings. The summed E-state index contributed by atoms with van der Waals surface area (Å²) in [5, 5.41) is 11.7. The number of rotatable bonds is 7. The number of nitrogens with zero attached hydrogens (tertiary/aromatic N) is 3. The molecule has 2 aliphatic heterocycles. The molecule has 0 spiro atoms. The highest BCUT2D eigenvalue weighted by molar-refractivity contribution is 5.91. The fraction of sp³-hybridized carbons (Fsp3) is 0.520. The minimum absolute atomic E-state index is 0.0372. The van der Waals surface area contributed by atoms with Crippen molar-refractivity contribution in [1.82, 2.24) is 9.88 Å². The Morgan fingerprint density at radius 3 is 2.68 bits per heavy atom. The molecule has 0 radical (unpaired) electrons. The van der Waals surface area contributed by atoms with Gasteiger partial charge in [0.25, 0.3) is 0 Å². The third-order valence-corrected chi connectivity index (χ3v) is 6.42. The Kier molecular flexibility index (Phi) is 8.38. The second-order valence-electron chi connectivity index (χ2n) is 9.22. The maximum absolute atomic E-state index is 14.8. The van der Waals surface area contributed by atoms with Crippen molar-refractivity contribution < 1.29 is 36.9 Å². The van der Waals surface area contributed by atoms with Crippen LogP contribution in [0.1, 0.15) is 18.4 Å². The number of carbonyl (C=O) groups excluding carboxylic acids is 1. The number of aliphatic hydroxyl groups excluding tert-OH is 1. The number of aryl methyl sites for hydroxylation is 1. The molecule has 37 heavy (non-hydrogen) atoms.